The number of imide groups is 1. The topological polar surface area (TPSA) is 102 Å². The zero-order chi connectivity index (χ0) is 20.4. The van der Waals surface area contributed by atoms with Crippen LogP contribution < -0.4 is 10.6 Å². The van der Waals surface area contributed by atoms with E-state index < -0.39 is 24.0 Å². The second-order valence-electron chi connectivity index (χ2n) is 6.08. The minimum Gasteiger partial charge on any atom is -0.453 e. The molecule has 0 aromatic heterocycles. The molecule has 3 amide bonds. The van der Waals surface area contributed by atoms with Gasteiger partial charge >= 0.3 is 12.0 Å². The Morgan fingerprint density at radius 1 is 0.893 bits per heavy atom. The first kappa shape index (κ1) is 20.8. The van der Waals surface area contributed by atoms with Crippen LogP contribution in [0.3, 0.4) is 0 Å². The van der Waals surface area contributed by atoms with Crippen LogP contribution in [-0.2, 0) is 20.9 Å². The van der Waals surface area contributed by atoms with Crippen molar-refractivity contribution in [2.75, 3.05) is 0 Å². The summed E-state index contributed by atoms with van der Waals surface area (Å²) >= 11 is 0. The summed E-state index contributed by atoms with van der Waals surface area (Å²) in [5.41, 5.74) is 1.39. The molecule has 2 rings (SSSR count). The lowest BCUT2D eigenvalue weighted by atomic mass is 10.1. The van der Waals surface area contributed by atoms with Crippen LogP contribution >= 0.6 is 0 Å². The predicted octanol–water partition coefficient (Wildman–Crippen LogP) is 2.61. The van der Waals surface area contributed by atoms with E-state index >= 15 is 0 Å². The van der Waals surface area contributed by atoms with E-state index in [2.05, 4.69) is 10.6 Å². The molecule has 1 atom stereocenters. The van der Waals surface area contributed by atoms with Crippen molar-refractivity contribution in [2.45, 2.75) is 32.4 Å². The van der Waals surface area contributed by atoms with Gasteiger partial charge < -0.3 is 10.1 Å². The molecular formula is C21H22N2O5. The van der Waals surface area contributed by atoms with E-state index in [0.717, 1.165) is 5.56 Å². The van der Waals surface area contributed by atoms with Crippen molar-refractivity contribution in [2.24, 2.45) is 0 Å². The number of carbonyl (C=O) groups is 4. The van der Waals surface area contributed by atoms with Gasteiger partial charge in [-0.2, -0.15) is 0 Å². The van der Waals surface area contributed by atoms with Gasteiger partial charge in [0.25, 0.3) is 5.91 Å². The smallest absolute Gasteiger partial charge is 0.321 e. The average molecular weight is 382 g/mol. The summed E-state index contributed by atoms with van der Waals surface area (Å²) < 4.78 is 4.98. The van der Waals surface area contributed by atoms with Crippen molar-refractivity contribution in [3.63, 3.8) is 0 Å². The number of nitrogens with one attached hydrogen (secondary N) is 2. The average Bonchev–Trinajstić information content (AvgIpc) is 2.71. The first-order valence-corrected chi connectivity index (χ1v) is 8.86. The molecule has 0 saturated heterocycles. The summed E-state index contributed by atoms with van der Waals surface area (Å²) in [6, 6.07) is 17.1. The maximum absolute atomic E-state index is 12.0. The molecule has 0 aliphatic rings. The third kappa shape index (κ3) is 7.03. The van der Waals surface area contributed by atoms with E-state index in [9.17, 15) is 19.2 Å². The molecule has 0 saturated carbocycles. The molecule has 0 heterocycles. The maximum Gasteiger partial charge on any atom is 0.321 e. The van der Waals surface area contributed by atoms with E-state index in [1.807, 2.05) is 30.3 Å². The van der Waals surface area contributed by atoms with Gasteiger partial charge in [-0.05, 0) is 12.5 Å². The van der Waals surface area contributed by atoms with E-state index in [-0.39, 0.29) is 25.2 Å². The Labute approximate surface area is 163 Å². The van der Waals surface area contributed by atoms with Crippen LogP contribution in [0.25, 0.3) is 0 Å². The lowest BCUT2D eigenvalue weighted by Crippen LogP contribution is -2.44. The Balaban J connectivity index is 1.69. The highest BCUT2D eigenvalue weighted by molar-refractivity contribution is 5.98. The van der Waals surface area contributed by atoms with Gasteiger partial charge in [0.2, 0.25) is 0 Å². The van der Waals surface area contributed by atoms with Crippen LogP contribution in [0.1, 0.15) is 35.7 Å². The monoisotopic (exact) mass is 382 g/mol. The number of ether oxygens (including phenoxy) is 1. The minimum absolute atomic E-state index is 0.0191. The molecule has 146 valence electrons. The second-order valence-corrected chi connectivity index (χ2v) is 6.08. The number of rotatable bonds is 8. The SMILES string of the molecule is CC(OC(=O)CCC(=O)c1ccccc1)C(=O)NC(=O)NCc1ccccc1. The number of carbonyl (C=O) groups excluding carboxylic acids is 4. The van der Waals surface area contributed by atoms with Gasteiger partial charge in [0.1, 0.15) is 0 Å². The number of hydrogen-bond acceptors (Lipinski definition) is 5. The number of Topliss-reactive ketones (excluding diaryl/α,β-unsaturated/α-hetero) is 1. The van der Waals surface area contributed by atoms with E-state index in [4.69, 9.17) is 4.74 Å². The fourth-order valence-electron chi connectivity index (χ4n) is 2.33. The van der Waals surface area contributed by atoms with Gasteiger partial charge in [0.05, 0.1) is 6.42 Å². The zero-order valence-corrected chi connectivity index (χ0v) is 15.5. The van der Waals surface area contributed by atoms with Crippen molar-refractivity contribution in [3.05, 3.63) is 71.8 Å². The minimum atomic E-state index is -1.15. The highest BCUT2D eigenvalue weighted by Gasteiger charge is 2.20. The predicted molar refractivity (Wildman–Crippen MR) is 102 cm³/mol. The molecule has 7 nitrogen and oxygen atoms in total. The van der Waals surface area contributed by atoms with Gasteiger partial charge in [0, 0.05) is 18.5 Å². The maximum atomic E-state index is 12.0. The summed E-state index contributed by atoms with van der Waals surface area (Å²) in [4.78, 5) is 47.5. The van der Waals surface area contributed by atoms with Crippen molar-refractivity contribution in [1.82, 2.24) is 10.6 Å². The number of urea groups is 1. The normalized spacial score (nSPS) is 11.2. The van der Waals surface area contributed by atoms with E-state index in [1.54, 1.807) is 30.3 Å². The summed E-state index contributed by atoms with van der Waals surface area (Å²) in [6.45, 7) is 1.62. The van der Waals surface area contributed by atoms with E-state index in [1.165, 1.54) is 6.92 Å². The Morgan fingerprint density at radius 2 is 1.50 bits per heavy atom. The first-order chi connectivity index (χ1) is 13.5. The van der Waals surface area contributed by atoms with Crippen LogP contribution in [-0.4, -0.2) is 29.8 Å². The first-order valence-electron chi connectivity index (χ1n) is 8.86. The van der Waals surface area contributed by atoms with Gasteiger partial charge in [0.15, 0.2) is 11.9 Å². The Morgan fingerprint density at radius 3 is 2.14 bits per heavy atom. The Bertz CT molecular complexity index is 821. The molecule has 0 spiro atoms. The third-order valence-corrected chi connectivity index (χ3v) is 3.86. The number of esters is 1. The quantitative estimate of drug-likeness (QED) is 0.540. The van der Waals surface area contributed by atoms with Crippen molar-refractivity contribution in [1.29, 1.82) is 0 Å². The van der Waals surface area contributed by atoms with Crippen LogP contribution in [0.5, 0.6) is 0 Å². The lowest BCUT2D eigenvalue weighted by molar-refractivity contribution is -0.154. The van der Waals surface area contributed by atoms with Crippen molar-refractivity contribution >= 4 is 23.7 Å². The molecule has 0 fully saturated rings. The second kappa shape index (κ2) is 10.6. The molecule has 1 unspecified atom stereocenters. The number of benzene rings is 2. The Kier molecular flexibility index (Phi) is 7.90. The van der Waals surface area contributed by atoms with Gasteiger partial charge in [-0.15, -0.1) is 0 Å². The molecular weight excluding hydrogens is 360 g/mol. The molecule has 2 aromatic rings. The number of ketones is 1. The van der Waals surface area contributed by atoms with Crippen molar-refractivity contribution < 1.29 is 23.9 Å². The molecule has 0 aliphatic carbocycles. The standard InChI is InChI=1S/C21H22N2O5/c1-15(20(26)23-21(27)22-14-16-8-4-2-5-9-16)28-19(25)13-12-18(24)17-10-6-3-7-11-17/h2-11,15H,12-14H2,1H3,(H2,22,23,26,27). The van der Waals surface area contributed by atoms with Gasteiger partial charge in [-0.3, -0.25) is 19.7 Å². The molecule has 2 N–H and O–H groups in total. The third-order valence-electron chi connectivity index (χ3n) is 3.86. The van der Waals surface area contributed by atoms with E-state index in [0.29, 0.717) is 5.56 Å². The largest absolute Gasteiger partial charge is 0.453 e. The van der Waals surface area contributed by atoms with Crippen molar-refractivity contribution in [3.8, 4) is 0 Å². The zero-order valence-electron chi connectivity index (χ0n) is 15.5. The fourth-order valence-corrected chi connectivity index (χ4v) is 2.33. The highest BCUT2D eigenvalue weighted by Crippen LogP contribution is 2.06. The Hall–Kier alpha value is -3.48. The van der Waals surface area contributed by atoms with Gasteiger partial charge in [-0.25, -0.2) is 4.79 Å². The van der Waals surface area contributed by atoms with Gasteiger partial charge in [-0.1, -0.05) is 60.7 Å². The van der Waals surface area contributed by atoms with Crippen LogP contribution in [0.4, 0.5) is 4.79 Å². The lowest BCUT2D eigenvalue weighted by Gasteiger charge is -2.13. The fraction of sp³-hybridized carbons (Fsp3) is 0.238. The molecule has 0 aliphatic heterocycles. The van der Waals surface area contributed by atoms with Crippen LogP contribution in [0.2, 0.25) is 0 Å². The molecule has 0 radical (unpaired) electrons. The highest BCUT2D eigenvalue weighted by atomic mass is 16.5. The molecule has 2 aromatic carbocycles. The molecule has 7 heteroatoms. The summed E-state index contributed by atoms with van der Waals surface area (Å²) in [5.74, 6) is -1.61. The molecule has 28 heavy (non-hydrogen) atoms. The van der Waals surface area contributed by atoms with Crippen LogP contribution in [0.15, 0.2) is 60.7 Å². The summed E-state index contributed by atoms with van der Waals surface area (Å²) in [7, 11) is 0. The number of hydrogen-bond donors (Lipinski definition) is 2. The molecule has 0 bridgehead atoms. The van der Waals surface area contributed by atoms with Crippen LogP contribution in [0, 0.1) is 0 Å². The summed E-state index contributed by atoms with van der Waals surface area (Å²) in [5, 5.41) is 4.65. The number of amides is 3. The summed E-state index contributed by atoms with van der Waals surface area (Å²) in [6.07, 6.45) is -1.32.